The first-order chi connectivity index (χ1) is 5.89. The van der Waals surface area contributed by atoms with E-state index < -0.39 is 11.4 Å². The Kier molecular flexibility index (Phi) is 6.06. The molecule has 0 aromatic rings. The van der Waals surface area contributed by atoms with Gasteiger partial charge in [0.25, 0.3) is 0 Å². The van der Waals surface area contributed by atoms with E-state index in [0.29, 0.717) is 5.92 Å². The summed E-state index contributed by atoms with van der Waals surface area (Å²) in [5.74, 6) is -0.181. The molecule has 0 unspecified atom stereocenters. The number of carbonyl (C=O) groups is 1. The Bertz CT molecular complexity index is 173. The number of nitrogens with two attached hydrogens (primary N) is 1. The number of carboxylic acids is 1. The summed E-state index contributed by atoms with van der Waals surface area (Å²) in [6.07, 6.45) is 0. The molecular formula is C11H25NO2. The predicted molar refractivity (Wildman–Crippen MR) is 60.2 cm³/mol. The molecule has 0 aliphatic heterocycles. The van der Waals surface area contributed by atoms with Crippen LogP contribution in [-0.2, 0) is 4.79 Å². The molecule has 0 aromatic carbocycles. The van der Waals surface area contributed by atoms with Gasteiger partial charge < -0.3 is 10.8 Å². The van der Waals surface area contributed by atoms with Crippen molar-refractivity contribution in [2.45, 2.75) is 54.0 Å². The highest BCUT2D eigenvalue weighted by Crippen LogP contribution is 2.11. The minimum atomic E-state index is -0.757. The van der Waals surface area contributed by atoms with Crippen molar-refractivity contribution >= 4 is 5.97 Å². The molecule has 0 spiro atoms. The molecule has 0 saturated heterocycles. The molecule has 0 aliphatic rings. The summed E-state index contributed by atoms with van der Waals surface area (Å²) in [7, 11) is 0. The normalized spacial score (nSPS) is 12.1. The molecule has 14 heavy (non-hydrogen) atoms. The van der Waals surface area contributed by atoms with E-state index in [1.807, 2.05) is 13.8 Å². The first-order valence-corrected chi connectivity index (χ1v) is 4.91. The zero-order valence-electron chi connectivity index (χ0n) is 10.5. The van der Waals surface area contributed by atoms with Crippen molar-refractivity contribution in [3.05, 3.63) is 0 Å². The second-order valence-electron chi connectivity index (χ2n) is 5.53. The first-order valence-electron chi connectivity index (χ1n) is 4.91. The fourth-order valence-corrected chi connectivity index (χ4v) is 0. The average Bonchev–Trinajstić information content (AvgIpc) is 1.83. The van der Waals surface area contributed by atoms with Crippen LogP contribution in [0.25, 0.3) is 0 Å². The summed E-state index contributed by atoms with van der Waals surface area (Å²) in [6.45, 7) is 13.3. The summed E-state index contributed by atoms with van der Waals surface area (Å²) in [5, 5.41) is 8.25. The Morgan fingerprint density at radius 2 is 1.29 bits per heavy atom. The number of hydrogen-bond acceptors (Lipinski definition) is 2. The highest BCUT2D eigenvalue weighted by atomic mass is 16.4. The molecule has 3 nitrogen and oxygen atoms in total. The highest BCUT2D eigenvalue weighted by Gasteiger charge is 2.18. The molecule has 3 heteroatoms. The first kappa shape index (κ1) is 15.9. The van der Waals surface area contributed by atoms with Gasteiger partial charge in [-0.05, 0) is 40.5 Å². The third-order valence-electron chi connectivity index (χ3n) is 2.13. The minimum absolute atomic E-state index is 0. The fourth-order valence-electron chi connectivity index (χ4n) is 0. The van der Waals surface area contributed by atoms with Crippen LogP contribution in [0.3, 0.4) is 0 Å². The van der Waals surface area contributed by atoms with Gasteiger partial charge in [0.1, 0.15) is 0 Å². The van der Waals surface area contributed by atoms with Crippen molar-refractivity contribution in [2.24, 2.45) is 17.1 Å². The van der Waals surface area contributed by atoms with Gasteiger partial charge in [0.15, 0.2) is 0 Å². The number of aliphatic carboxylic acids is 1. The van der Waals surface area contributed by atoms with Crippen LogP contribution in [0, 0.1) is 11.3 Å². The summed E-state index contributed by atoms with van der Waals surface area (Å²) >= 11 is 0. The average molecular weight is 203 g/mol. The quantitative estimate of drug-likeness (QED) is 0.688. The SMILES string of the molecule is CC(C)(C)C(=O)O.CC(C)C(C)(C)N. The molecule has 0 fully saturated rings. The summed E-state index contributed by atoms with van der Waals surface area (Å²) in [6, 6.07) is 0. The largest absolute Gasteiger partial charge is 0.481 e. The molecule has 3 N–H and O–H groups in total. The van der Waals surface area contributed by atoms with Gasteiger partial charge in [-0.2, -0.15) is 0 Å². The Hall–Kier alpha value is -0.570. The standard InChI is InChI=1S/C6H15N.C5H10O2/c1-5(2)6(3,4)7;1-5(2,3)4(6)7/h5H,7H2,1-4H3;1-3H3,(H,6,7). The molecule has 0 aliphatic carbocycles. The van der Waals surface area contributed by atoms with Gasteiger partial charge >= 0.3 is 5.97 Å². The highest BCUT2D eigenvalue weighted by molar-refractivity contribution is 5.72. The monoisotopic (exact) mass is 203 g/mol. The minimum Gasteiger partial charge on any atom is -0.481 e. The lowest BCUT2D eigenvalue weighted by Gasteiger charge is -2.22. The van der Waals surface area contributed by atoms with Crippen molar-refractivity contribution in [1.29, 1.82) is 0 Å². The lowest BCUT2D eigenvalue weighted by Crippen LogP contribution is -2.37. The third-order valence-corrected chi connectivity index (χ3v) is 2.13. The van der Waals surface area contributed by atoms with Crippen LogP contribution >= 0.6 is 0 Å². The molecule has 0 radical (unpaired) electrons. The summed E-state index contributed by atoms with van der Waals surface area (Å²) in [5.41, 5.74) is 5.09. The van der Waals surface area contributed by atoms with Crippen LogP contribution < -0.4 is 5.73 Å². The van der Waals surface area contributed by atoms with E-state index in [4.69, 9.17) is 10.8 Å². The molecule has 0 rings (SSSR count). The van der Waals surface area contributed by atoms with Gasteiger partial charge in [0, 0.05) is 5.54 Å². The maximum Gasteiger partial charge on any atom is 0.308 e. The molecule has 0 bridgehead atoms. The maximum absolute atomic E-state index is 10.0. The van der Waals surface area contributed by atoms with E-state index in [9.17, 15) is 4.79 Å². The van der Waals surface area contributed by atoms with Gasteiger partial charge in [0.05, 0.1) is 5.41 Å². The molecule has 86 valence electrons. The van der Waals surface area contributed by atoms with Gasteiger partial charge in [-0.15, -0.1) is 0 Å². The van der Waals surface area contributed by atoms with E-state index in [0.717, 1.165) is 0 Å². The smallest absolute Gasteiger partial charge is 0.308 e. The van der Waals surface area contributed by atoms with Crippen LogP contribution in [0.4, 0.5) is 0 Å². The molecule has 0 saturated carbocycles. The second kappa shape index (κ2) is 5.35. The van der Waals surface area contributed by atoms with Crippen molar-refractivity contribution in [3.8, 4) is 0 Å². The van der Waals surface area contributed by atoms with Crippen LogP contribution in [0.2, 0.25) is 0 Å². The Labute approximate surface area is 87.7 Å². The van der Waals surface area contributed by atoms with Crippen LogP contribution in [0.15, 0.2) is 0 Å². The van der Waals surface area contributed by atoms with Gasteiger partial charge in [-0.1, -0.05) is 13.8 Å². The Morgan fingerprint density at radius 3 is 1.29 bits per heavy atom. The lowest BCUT2D eigenvalue weighted by atomic mass is 9.92. The fraction of sp³-hybridized carbons (Fsp3) is 0.909. The molecule has 0 aromatic heterocycles. The second-order valence-corrected chi connectivity index (χ2v) is 5.53. The van der Waals surface area contributed by atoms with E-state index in [1.165, 1.54) is 0 Å². The molecule has 0 heterocycles. The van der Waals surface area contributed by atoms with Crippen LogP contribution in [-0.4, -0.2) is 16.6 Å². The van der Waals surface area contributed by atoms with Gasteiger partial charge in [-0.25, -0.2) is 0 Å². The van der Waals surface area contributed by atoms with Crippen LogP contribution in [0.5, 0.6) is 0 Å². The Balaban J connectivity index is 0. The van der Waals surface area contributed by atoms with E-state index >= 15 is 0 Å². The van der Waals surface area contributed by atoms with E-state index in [1.54, 1.807) is 20.8 Å². The van der Waals surface area contributed by atoms with Gasteiger partial charge in [-0.3, -0.25) is 4.79 Å². The zero-order chi connectivity index (χ0) is 12.2. The third kappa shape index (κ3) is 9.52. The topological polar surface area (TPSA) is 63.3 Å². The molecule has 0 atom stereocenters. The maximum atomic E-state index is 10.0. The summed E-state index contributed by atoms with van der Waals surface area (Å²) < 4.78 is 0. The number of rotatable bonds is 1. The lowest BCUT2D eigenvalue weighted by molar-refractivity contribution is -0.145. The summed E-state index contributed by atoms with van der Waals surface area (Å²) in [4.78, 5) is 10.0. The van der Waals surface area contributed by atoms with Crippen molar-refractivity contribution in [2.75, 3.05) is 0 Å². The van der Waals surface area contributed by atoms with Crippen molar-refractivity contribution in [3.63, 3.8) is 0 Å². The Morgan fingerprint density at radius 1 is 1.14 bits per heavy atom. The zero-order valence-corrected chi connectivity index (χ0v) is 10.5. The molecule has 0 amide bonds. The number of carboxylic acid groups (broad SMARTS) is 1. The number of hydrogen-bond donors (Lipinski definition) is 2. The van der Waals surface area contributed by atoms with Crippen molar-refractivity contribution in [1.82, 2.24) is 0 Å². The van der Waals surface area contributed by atoms with Gasteiger partial charge in [0.2, 0.25) is 0 Å². The molecular weight excluding hydrogens is 178 g/mol. The van der Waals surface area contributed by atoms with Crippen LogP contribution in [0.1, 0.15) is 48.5 Å². The van der Waals surface area contributed by atoms with Crippen molar-refractivity contribution < 1.29 is 9.90 Å². The predicted octanol–water partition coefficient (Wildman–Crippen LogP) is 2.50. The van der Waals surface area contributed by atoms with E-state index in [2.05, 4.69) is 13.8 Å². The van der Waals surface area contributed by atoms with E-state index in [-0.39, 0.29) is 5.54 Å².